The minimum atomic E-state index is -1.51. The van der Waals surface area contributed by atoms with Gasteiger partial charge in [-0.3, -0.25) is 14.9 Å². The van der Waals surface area contributed by atoms with Crippen LogP contribution in [-0.4, -0.2) is 39.7 Å². The Labute approximate surface area is 111 Å². The van der Waals surface area contributed by atoms with Crippen molar-refractivity contribution in [2.45, 2.75) is 6.04 Å². The molecule has 0 saturated heterocycles. The van der Waals surface area contributed by atoms with Crippen molar-refractivity contribution in [2.75, 3.05) is 6.61 Å². The van der Waals surface area contributed by atoms with Crippen molar-refractivity contribution < 1.29 is 24.7 Å². The lowest BCUT2D eigenvalue weighted by atomic mass is 10.1. The SMILES string of the molecule is O=C(NC(CO)C(=O)O)c1cc([N+](=O)[O-])ccc1Cl. The predicted molar refractivity (Wildman–Crippen MR) is 64.1 cm³/mol. The first kappa shape index (κ1) is 14.9. The fraction of sp³-hybridized carbons (Fsp3) is 0.200. The second-order valence-electron chi connectivity index (χ2n) is 3.47. The summed E-state index contributed by atoms with van der Waals surface area (Å²) >= 11 is 5.71. The minimum absolute atomic E-state index is 0.0646. The Bertz CT molecular complexity index is 533. The first-order valence-corrected chi connectivity index (χ1v) is 5.33. The van der Waals surface area contributed by atoms with Gasteiger partial charge in [0, 0.05) is 12.1 Å². The maximum absolute atomic E-state index is 11.7. The number of nitro benzene ring substituents is 1. The van der Waals surface area contributed by atoms with E-state index in [-0.39, 0.29) is 16.3 Å². The Morgan fingerprint density at radius 2 is 2.11 bits per heavy atom. The van der Waals surface area contributed by atoms with E-state index in [0.717, 1.165) is 18.2 Å². The number of non-ortho nitro benzene ring substituents is 1. The summed E-state index contributed by atoms with van der Waals surface area (Å²) in [6, 6.07) is 1.68. The summed E-state index contributed by atoms with van der Waals surface area (Å²) in [7, 11) is 0. The lowest BCUT2D eigenvalue weighted by Crippen LogP contribution is -2.43. The van der Waals surface area contributed by atoms with Crippen molar-refractivity contribution in [2.24, 2.45) is 0 Å². The number of nitrogens with one attached hydrogen (secondary N) is 1. The fourth-order valence-electron chi connectivity index (χ4n) is 1.22. The van der Waals surface area contributed by atoms with Crippen LogP contribution in [-0.2, 0) is 4.79 Å². The Kier molecular flexibility index (Phi) is 4.79. The van der Waals surface area contributed by atoms with E-state index in [1.54, 1.807) is 0 Å². The van der Waals surface area contributed by atoms with Gasteiger partial charge in [-0.25, -0.2) is 4.79 Å². The number of carboxylic acids is 1. The molecule has 1 unspecified atom stereocenters. The molecule has 19 heavy (non-hydrogen) atoms. The Hall–Kier alpha value is -2.19. The van der Waals surface area contributed by atoms with Crippen LogP contribution >= 0.6 is 11.6 Å². The summed E-state index contributed by atoms with van der Waals surface area (Å²) in [4.78, 5) is 32.2. The molecule has 0 aromatic heterocycles. The molecular formula is C10H9ClN2O6. The summed E-state index contributed by atoms with van der Waals surface area (Å²) in [5.74, 6) is -2.35. The third-order valence-electron chi connectivity index (χ3n) is 2.19. The van der Waals surface area contributed by atoms with Gasteiger partial charge < -0.3 is 15.5 Å². The molecule has 102 valence electrons. The molecule has 3 N–H and O–H groups in total. The second-order valence-corrected chi connectivity index (χ2v) is 3.88. The fourth-order valence-corrected chi connectivity index (χ4v) is 1.43. The molecule has 0 heterocycles. The molecule has 0 aliphatic heterocycles. The van der Waals surface area contributed by atoms with Crippen LogP contribution in [0.2, 0.25) is 5.02 Å². The molecule has 0 radical (unpaired) electrons. The number of rotatable bonds is 5. The van der Waals surface area contributed by atoms with E-state index in [1.165, 1.54) is 0 Å². The number of carbonyl (C=O) groups excluding carboxylic acids is 1. The molecule has 0 bridgehead atoms. The van der Waals surface area contributed by atoms with E-state index in [2.05, 4.69) is 0 Å². The number of halogens is 1. The molecule has 1 atom stereocenters. The Morgan fingerprint density at radius 3 is 2.58 bits per heavy atom. The summed E-state index contributed by atoms with van der Waals surface area (Å²) in [5, 5.41) is 29.9. The number of aliphatic hydroxyl groups is 1. The van der Waals surface area contributed by atoms with Crippen LogP contribution in [0, 0.1) is 10.1 Å². The van der Waals surface area contributed by atoms with Crippen LogP contribution in [0.3, 0.4) is 0 Å². The maximum atomic E-state index is 11.7. The highest BCUT2D eigenvalue weighted by Gasteiger charge is 2.22. The van der Waals surface area contributed by atoms with E-state index in [1.807, 2.05) is 5.32 Å². The molecule has 0 saturated carbocycles. The van der Waals surface area contributed by atoms with Gasteiger partial charge in [0.2, 0.25) is 0 Å². The molecule has 1 amide bonds. The molecule has 0 aliphatic rings. The topological polar surface area (TPSA) is 130 Å². The van der Waals surface area contributed by atoms with Crippen molar-refractivity contribution in [3.63, 3.8) is 0 Å². The number of aliphatic hydroxyl groups excluding tert-OH is 1. The summed E-state index contributed by atoms with van der Waals surface area (Å²) in [6.07, 6.45) is 0. The molecule has 1 rings (SSSR count). The standard InChI is InChI=1S/C10H9ClN2O6/c11-7-2-1-5(13(18)19)3-6(7)9(15)12-8(4-14)10(16)17/h1-3,8,14H,4H2,(H,12,15)(H,16,17). The van der Waals surface area contributed by atoms with Gasteiger partial charge in [0.15, 0.2) is 6.04 Å². The highest BCUT2D eigenvalue weighted by molar-refractivity contribution is 6.34. The number of carboxylic acid groups (broad SMARTS) is 1. The van der Waals surface area contributed by atoms with E-state index < -0.39 is 29.4 Å². The zero-order valence-electron chi connectivity index (χ0n) is 9.37. The number of nitrogens with zero attached hydrogens (tertiary/aromatic N) is 1. The van der Waals surface area contributed by atoms with Crippen molar-refractivity contribution in [1.82, 2.24) is 5.32 Å². The largest absolute Gasteiger partial charge is 0.480 e. The van der Waals surface area contributed by atoms with Gasteiger partial charge in [0.1, 0.15) is 0 Å². The number of carbonyl (C=O) groups is 2. The van der Waals surface area contributed by atoms with Gasteiger partial charge in [-0.1, -0.05) is 11.6 Å². The molecule has 1 aromatic rings. The maximum Gasteiger partial charge on any atom is 0.328 e. The molecule has 0 aliphatic carbocycles. The molecule has 8 nitrogen and oxygen atoms in total. The molecule has 0 fully saturated rings. The van der Waals surface area contributed by atoms with Crippen LogP contribution in [0.25, 0.3) is 0 Å². The van der Waals surface area contributed by atoms with Crippen molar-refractivity contribution in [3.05, 3.63) is 38.9 Å². The predicted octanol–water partition coefficient (Wildman–Crippen LogP) is 0.424. The quantitative estimate of drug-likeness (QED) is 0.532. The second kappa shape index (κ2) is 6.12. The zero-order valence-corrected chi connectivity index (χ0v) is 10.1. The van der Waals surface area contributed by atoms with Crippen LogP contribution in [0.5, 0.6) is 0 Å². The highest BCUT2D eigenvalue weighted by atomic mass is 35.5. The number of aliphatic carboxylic acids is 1. The highest BCUT2D eigenvalue weighted by Crippen LogP contribution is 2.22. The van der Waals surface area contributed by atoms with E-state index in [9.17, 15) is 19.7 Å². The number of benzene rings is 1. The average Bonchev–Trinajstić information content (AvgIpc) is 2.35. The monoisotopic (exact) mass is 288 g/mol. The van der Waals surface area contributed by atoms with Gasteiger partial charge in [0.05, 0.1) is 22.1 Å². The first-order valence-electron chi connectivity index (χ1n) is 4.95. The molecular weight excluding hydrogens is 280 g/mol. The lowest BCUT2D eigenvalue weighted by Gasteiger charge is -2.12. The minimum Gasteiger partial charge on any atom is -0.480 e. The van der Waals surface area contributed by atoms with Crippen molar-refractivity contribution >= 4 is 29.2 Å². The van der Waals surface area contributed by atoms with Crippen molar-refractivity contribution in [3.8, 4) is 0 Å². The molecule has 0 spiro atoms. The van der Waals surface area contributed by atoms with E-state index >= 15 is 0 Å². The Balaban J connectivity index is 3.02. The molecule has 9 heteroatoms. The van der Waals surface area contributed by atoms with E-state index in [4.69, 9.17) is 21.8 Å². The van der Waals surface area contributed by atoms with Gasteiger partial charge in [0.25, 0.3) is 11.6 Å². The number of nitro groups is 1. The van der Waals surface area contributed by atoms with Crippen LogP contribution in [0.15, 0.2) is 18.2 Å². The number of hydrogen-bond donors (Lipinski definition) is 3. The van der Waals surface area contributed by atoms with Gasteiger partial charge in [-0.05, 0) is 6.07 Å². The van der Waals surface area contributed by atoms with Gasteiger partial charge in [-0.15, -0.1) is 0 Å². The van der Waals surface area contributed by atoms with Crippen molar-refractivity contribution in [1.29, 1.82) is 0 Å². The first-order chi connectivity index (χ1) is 8.86. The average molecular weight is 289 g/mol. The smallest absolute Gasteiger partial charge is 0.328 e. The normalized spacial score (nSPS) is 11.7. The third kappa shape index (κ3) is 3.63. The third-order valence-corrected chi connectivity index (χ3v) is 2.52. The van der Waals surface area contributed by atoms with Gasteiger partial charge >= 0.3 is 5.97 Å². The number of hydrogen-bond acceptors (Lipinski definition) is 5. The number of amides is 1. The van der Waals surface area contributed by atoms with Crippen LogP contribution in [0.1, 0.15) is 10.4 Å². The lowest BCUT2D eigenvalue weighted by molar-refractivity contribution is -0.384. The zero-order chi connectivity index (χ0) is 14.6. The summed E-state index contributed by atoms with van der Waals surface area (Å²) in [6.45, 7) is -0.812. The van der Waals surface area contributed by atoms with E-state index in [0.29, 0.717) is 0 Å². The van der Waals surface area contributed by atoms with Crippen LogP contribution in [0.4, 0.5) is 5.69 Å². The summed E-state index contributed by atoms with van der Waals surface area (Å²) in [5.41, 5.74) is -0.596. The Morgan fingerprint density at radius 1 is 1.47 bits per heavy atom. The summed E-state index contributed by atoms with van der Waals surface area (Å²) < 4.78 is 0. The van der Waals surface area contributed by atoms with Crippen LogP contribution < -0.4 is 5.32 Å². The van der Waals surface area contributed by atoms with Gasteiger partial charge in [-0.2, -0.15) is 0 Å². The molecule has 1 aromatic carbocycles.